The maximum absolute atomic E-state index is 4.33. The normalized spacial score (nSPS) is 14.9. The summed E-state index contributed by atoms with van der Waals surface area (Å²) in [5.41, 5.74) is 2.63. The minimum absolute atomic E-state index is 0.684. The summed E-state index contributed by atoms with van der Waals surface area (Å²) >= 11 is 1.83. The van der Waals surface area contributed by atoms with E-state index in [1.807, 2.05) is 11.3 Å². The Kier molecular flexibility index (Phi) is 25.3. The second-order valence-electron chi connectivity index (χ2n) is 9.69. The van der Waals surface area contributed by atoms with Gasteiger partial charge < -0.3 is 4.90 Å². The van der Waals surface area contributed by atoms with Gasteiger partial charge in [-0.05, 0) is 36.8 Å². The van der Waals surface area contributed by atoms with Gasteiger partial charge in [0.2, 0.25) is 0 Å². The van der Waals surface area contributed by atoms with Crippen molar-refractivity contribution >= 4 is 22.6 Å². The van der Waals surface area contributed by atoms with Crippen molar-refractivity contribution in [1.82, 2.24) is 0 Å². The molecule has 2 fully saturated rings. The largest absolute Gasteiger partial charge is 0.370 e. The van der Waals surface area contributed by atoms with Crippen LogP contribution >= 0.6 is 11.3 Å². The van der Waals surface area contributed by atoms with Crippen molar-refractivity contribution in [2.24, 2.45) is 5.92 Å². The average Bonchev–Trinajstić information content (AvgIpc) is 3.36. The SMILES string of the molecule is C=C.C=C.C=C(CCC)c1sc(C#CCC)cc1N(C)C1CCCCC1.CC1CCCCC1.CCC. The maximum Gasteiger partial charge on any atom is 0.0796 e. The van der Waals surface area contributed by atoms with Crippen LogP contribution in [-0.4, -0.2) is 13.1 Å². The maximum atomic E-state index is 4.33. The smallest absolute Gasteiger partial charge is 0.0796 e. The first-order chi connectivity index (χ1) is 17.5. The zero-order valence-electron chi connectivity index (χ0n) is 25.0. The Labute approximate surface area is 231 Å². The van der Waals surface area contributed by atoms with Crippen LogP contribution in [0.15, 0.2) is 39.0 Å². The number of allylic oxidation sites excluding steroid dienone is 1. The van der Waals surface area contributed by atoms with Gasteiger partial charge in [-0.25, -0.2) is 0 Å². The fourth-order valence-electron chi connectivity index (χ4n) is 4.52. The molecule has 1 aromatic rings. The number of anilines is 1. The lowest BCUT2D eigenvalue weighted by Crippen LogP contribution is -2.33. The lowest BCUT2D eigenvalue weighted by molar-refractivity contribution is 0.385. The lowest BCUT2D eigenvalue weighted by Gasteiger charge is -2.33. The number of hydrogen-bond donors (Lipinski definition) is 0. The van der Waals surface area contributed by atoms with Crippen LogP contribution in [0.4, 0.5) is 5.69 Å². The Morgan fingerprint density at radius 2 is 1.42 bits per heavy atom. The van der Waals surface area contributed by atoms with Crippen molar-refractivity contribution < 1.29 is 0 Å². The molecule has 1 heterocycles. The molecule has 0 spiro atoms. The molecule has 0 amide bonds. The molecule has 3 rings (SSSR count). The summed E-state index contributed by atoms with van der Waals surface area (Å²) in [7, 11) is 2.26. The lowest BCUT2D eigenvalue weighted by atomic mass is 9.91. The van der Waals surface area contributed by atoms with E-state index in [9.17, 15) is 0 Å². The molecular weight excluding hydrogens is 454 g/mol. The van der Waals surface area contributed by atoms with E-state index in [-0.39, 0.29) is 0 Å². The molecule has 0 saturated heterocycles. The molecule has 2 heteroatoms. The van der Waals surface area contributed by atoms with Crippen molar-refractivity contribution in [3.05, 3.63) is 48.7 Å². The Balaban J connectivity index is 0. The monoisotopic (exact) mass is 513 g/mol. The van der Waals surface area contributed by atoms with Crippen LogP contribution in [0.1, 0.15) is 134 Å². The van der Waals surface area contributed by atoms with E-state index in [1.165, 1.54) is 91.6 Å². The van der Waals surface area contributed by atoms with Gasteiger partial charge in [-0.3, -0.25) is 0 Å². The summed E-state index contributed by atoms with van der Waals surface area (Å²) in [4.78, 5) is 5.05. The first-order valence-corrected chi connectivity index (χ1v) is 15.3. The van der Waals surface area contributed by atoms with E-state index in [2.05, 4.69) is 97.4 Å². The summed E-state index contributed by atoms with van der Waals surface area (Å²) in [5, 5.41) is 0. The molecule has 206 valence electrons. The van der Waals surface area contributed by atoms with E-state index in [0.717, 1.165) is 25.2 Å². The van der Waals surface area contributed by atoms with Crippen LogP contribution in [0.3, 0.4) is 0 Å². The van der Waals surface area contributed by atoms with Crippen LogP contribution in [0, 0.1) is 17.8 Å². The Bertz CT molecular complexity index is 705. The Hall–Kier alpha value is -1.72. The van der Waals surface area contributed by atoms with Gasteiger partial charge >= 0.3 is 0 Å². The molecule has 1 nitrogen and oxygen atoms in total. The molecule has 1 aromatic heterocycles. The summed E-state index contributed by atoms with van der Waals surface area (Å²) < 4.78 is 0. The molecule has 2 aliphatic rings. The molecule has 0 radical (unpaired) electrons. The highest BCUT2D eigenvalue weighted by molar-refractivity contribution is 7.14. The van der Waals surface area contributed by atoms with E-state index in [1.54, 1.807) is 0 Å². The van der Waals surface area contributed by atoms with Crippen molar-refractivity contribution in [1.29, 1.82) is 0 Å². The Morgan fingerprint density at radius 1 is 0.917 bits per heavy atom. The van der Waals surface area contributed by atoms with Gasteiger partial charge in [0, 0.05) is 19.5 Å². The second-order valence-corrected chi connectivity index (χ2v) is 10.7. The second kappa shape index (κ2) is 25.0. The molecule has 0 aliphatic heterocycles. The van der Waals surface area contributed by atoms with Crippen molar-refractivity contribution in [2.45, 2.75) is 131 Å². The molecule has 2 saturated carbocycles. The van der Waals surface area contributed by atoms with Crippen LogP contribution in [-0.2, 0) is 0 Å². The van der Waals surface area contributed by atoms with Crippen molar-refractivity contribution in [2.75, 3.05) is 11.9 Å². The van der Waals surface area contributed by atoms with E-state index in [4.69, 9.17) is 0 Å². The molecule has 0 bridgehead atoms. The van der Waals surface area contributed by atoms with Crippen LogP contribution in [0.5, 0.6) is 0 Å². The number of nitrogens with zero attached hydrogens (tertiary/aromatic N) is 1. The van der Waals surface area contributed by atoms with Gasteiger partial charge in [0.05, 0.1) is 15.4 Å². The van der Waals surface area contributed by atoms with E-state index in [0.29, 0.717) is 6.04 Å². The van der Waals surface area contributed by atoms with Gasteiger partial charge in [-0.2, -0.15) is 0 Å². The third-order valence-electron chi connectivity index (χ3n) is 6.37. The molecule has 0 atom stereocenters. The third-order valence-corrected chi connectivity index (χ3v) is 7.51. The highest BCUT2D eigenvalue weighted by Gasteiger charge is 2.22. The molecule has 36 heavy (non-hydrogen) atoms. The molecule has 0 N–H and O–H groups in total. The summed E-state index contributed by atoms with van der Waals surface area (Å²) in [6.07, 6.45) is 18.6. The van der Waals surface area contributed by atoms with Gasteiger partial charge in [0.1, 0.15) is 0 Å². The quantitative estimate of drug-likeness (QED) is 0.279. The predicted octanol–water partition coefficient (Wildman–Crippen LogP) is 11.7. The average molecular weight is 514 g/mol. The predicted molar refractivity (Wildman–Crippen MR) is 171 cm³/mol. The van der Waals surface area contributed by atoms with Crippen LogP contribution in [0.25, 0.3) is 5.57 Å². The summed E-state index contributed by atoms with van der Waals surface area (Å²) in [6, 6.07) is 2.97. The number of rotatable bonds is 5. The van der Waals surface area contributed by atoms with Gasteiger partial charge in [0.25, 0.3) is 0 Å². The topological polar surface area (TPSA) is 3.24 Å². The van der Waals surface area contributed by atoms with Crippen LogP contribution in [0.2, 0.25) is 0 Å². The van der Waals surface area contributed by atoms with Gasteiger partial charge in [-0.15, -0.1) is 37.7 Å². The third kappa shape index (κ3) is 15.4. The van der Waals surface area contributed by atoms with Crippen molar-refractivity contribution in [3.63, 3.8) is 0 Å². The zero-order chi connectivity index (χ0) is 27.8. The van der Waals surface area contributed by atoms with Gasteiger partial charge in [0.15, 0.2) is 0 Å². The fourth-order valence-corrected chi connectivity index (χ4v) is 5.59. The summed E-state index contributed by atoms with van der Waals surface area (Å²) in [5.74, 6) is 7.55. The first-order valence-electron chi connectivity index (χ1n) is 14.5. The number of thiophene rings is 1. The standard InChI is InChI=1S/C20H29NS.C7H14.C3H8.2C2H4/c1-5-7-14-18-15-19(20(22-18)16(3)11-6-2)21(4)17-12-9-8-10-13-17;1-7-5-3-2-4-6-7;1-3-2;2*1-2/h15,17H,3,5-6,8-13H2,1-2,4H3;7H,2-6H2,1H3;3H2,1-2H3;2*1-2H2. The van der Waals surface area contributed by atoms with E-state index < -0.39 is 0 Å². The highest BCUT2D eigenvalue weighted by atomic mass is 32.1. The van der Waals surface area contributed by atoms with E-state index >= 15 is 0 Å². The zero-order valence-corrected chi connectivity index (χ0v) is 25.8. The minimum atomic E-state index is 0.684. The number of hydrogen-bond acceptors (Lipinski definition) is 2. The van der Waals surface area contributed by atoms with Crippen molar-refractivity contribution in [3.8, 4) is 11.8 Å². The van der Waals surface area contributed by atoms with Gasteiger partial charge in [-0.1, -0.05) is 117 Å². The molecule has 0 unspecified atom stereocenters. The minimum Gasteiger partial charge on any atom is -0.370 e. The molecular formula is C34H59NS. The first kappa shape index (κ1) is 36.4. The molecule has 0 aromatic carbocycles. The highest BCUT2D eigenvalue weighted by Crippen LogP contribution is 2.38. The fraction of sp³-hybridized carbons (Fsp3) is 0.647. The van der Waals surface area contributed by atoms with Crippen LogP contribution < -0.4 is 4.90 Å². The summed E-state index contributed by atoms with van der Waals surface area (Å²) in [6.45, 7) is 27.3. The molecule has 2 aliphatic carbocycles. The Morgan fingerprint density at radius 3 is 1.83 bits per heavy atom.